The lowest BCUT2D eigenvalue weighted by Crippen LogP contribution is -2.04. The van der Waals surface area contributed by atoms with Crippen molar-refractivity contribution in [3.8, 4) is 0 Å². The van der Waals surface area contributed by atoms with Gasteiger partial charge in [-0.1, -0.05) is 0 Å². The van der Waals surface area contributed by atoms with E-state index in [0.29, 0.717) is 0 Å². The Labute approximate surface area is 47.9 Å². The van der Waals surface area contributed by atoms with Crippen molar-refractivity contribution in [2.45, 2.75) is 0 Å². The van der Waals surface area contributed by atoms with Crippen molar-refractivity contribution in [3.05, 3.63) is 12.3 Å². The molecule has 0 saturated carbocycles. The second-order valence-corrected chi connectivity index (χ2v) is 1.06. The topological polar surface area (TPSA) is 35.5 Å². The number of esters is 1. The molecule has 3 nitrogen and oxygen atoms in total. The summed E-state index contributed by atoms with van der Waals surface area (Å²) in [5.41, 5.74) is 0. The molecular weight excluding hydrogens is 108 g/mol. The van der Waals surface area contributed by atoms with Gasteiger partial charge in [0.1, 0.15) is 0 Å². The Morgan fingerprint density at radius 3 is 2.00 bits per heavy atom. The SMILES string of the molecule is [CH]=C(OC)C(=O)OC. The summed E-state index contributed by atoms with van der Waals surface area (Å²) in [6.07, 6.45) is 0. The summed E-state index contributed by atoms with van der Waals surface area (Å²) in [6, 6.07) is 0. The van der Waals surface area contributed by atoms with Crippen molar-refractivity contribution in [2.24, 2.45) is 0 Å². The fourth-order valence-corrected chi connectivity index (χ4v) is 0.184. The van der Waals surface area contributed by atoms with Crippen LogP contribution in [-0.4, -0.2) is 20.2 Å². The zero-order chi connectivity index (χ0) is 6.57. The van der Waals surface area contributed by atoms with Gasteiger partial charge in [0.05, 0.1) is 14.2 Å². The molecule has 1 radical (unpaired) electrons. The molecule has 45 valence electrons. The summed E-state index contributed by atoms with van der Waals surface area (Å²) < 4.78 is 8.50. The minimum atomic E-state index is -0.646. The summed E-state index contributed by atoms with van der Waals surface area (Å²) in [5.74, 6) is -0.875. The van der Waals surface area contributed by atoms with E-state index in [1.807, 2.05) is 0 Å². The van der Waals surface area contributed by atoms with E-state index in [0.717, 1.165) is 0 Å². The number of hydrogen-bond acceptors (Lipinski definition) is 3. The van der Waals surface area contributed by atoms with E-state index in [4.69, 9.17) is 6.58 Å². The minimum absolute atomic E-state index is 0.229. The Kier molecular flexibility index (Phi) is 2.69. The average molecular weight is 115 g/mol. The fourth-order valence-electron chi connectivity index (χ4n) is 0.184. The molecule has 0 saturated heterocycles. The fraction of sp³-hybridized carbons (Fsp3) is 0.400. The van der Waals surface area contributed by atoms with Crippen molar-refractivity contribution in [1.82, 2.24) is 0 Å². The summed E-state index contributed by atoms with van der Waals surface area (Å²) in [6.45, 7) is 4.95. The first-order valence-electron chi connectivity index (χ1n) is 1.97. The number of ether oxygens (including phenoxy) is 2. The number of carbonyl (C=O) groups is 1. The van der Waals surface area contributed by atoms with Gasteiger partial charge in [-0.2, -0.15) is 0 Å². The molecule has 3 heteroatoms. The van der Waals surface area contributed by atoms with Crippen molar-refractivity contribution in [3.63, 3.8) is 0 Å². The minimum Gasteiger partial charge on any atom is -0.490 e. The van der Waals surface area contributed by atoms with Gasteiger partial charge in [0.25, 0.3) is 0 Å². The van der Waals surface area contributed by atoms with Gasteiger partial charge in [-0.05, 0) is 6.58 Å². The molecule has 0 N–H and O–H groups in total. The standard InChI is InChI=1S/C5H7O3/c1-4(7-2)5(6)8-3/h1H,2-3H3. The van der Waals surface area contributed by atoms with Crippen LogP contribution in [0.4, 0.5) is 0 Å². The van der Waals surface area contributed by atoms with Crippen LogP contribution in [0.5, 0.6) is 0 Å². The molecule has 0 bridgehead atoms. The van der Waals surface area contributed by atoms with Crippen molar-refractivity contribution >= 4 is 5.97 Å². The molecular formula is C5H7O3. The Balaban J connectivity index is 3.64. The second kappa shape index (κ2) is 3.07. The van der Waals surface area contributed by atoms with Gasteiger partial charge in [0.15, 0.2) is 0 Å². The van der Waals surface area contributed by atoms with Crippen LogP contribution >= 0.6 is 0 Å². The van der Waals surface area contributed by atoms with Gasteiger partial charge in [-0.15, -0.1) is 0 Å². The van der Waals surface area contributed by atoms with Crippen molar-refractivity contribution < 1.29 is 14.3 Å². The molecule has 0 fully saturated rings. The van der Waals surface area contributed by atoms with E-state index < -0.39 is 5.97 Å². The molecule has 8 heavy (non-hydrogen) atoms. The summed E-state index contributed by atoms with van der Waals surface area (Å²) in [4.78, 5) is 10.2. The smallest absolute Gasteiger partial charge is 0.373 e. The Morgan fingerprint density at radius 2 is 1.88 bits per heavy atom. The maximum absolute atomic E-state index is 10.2. The van der Waals surface area contributed by atoms with Crippen LogP contribution in [-0.2, 0) is 14.3 Å². The first-order valence-corrected chi connectivity index (χ1v) is 1.97. The Morgan fingerprint density at radius 1 is 1.38 bits per heavy atom. The maximum Gasteiger partial charge on any atom is 0.373 e. The van der Waals surface area contributed by atoms with Crippen LogP contribution in [0, 0.1) is 6.58 Å². The van der Waals surface area contributed by atoms with Gasteiger partial charge < -0.3 is 9.47 Å². The number of rotatable bonds is 2. The predicted molar refractivity (Wildman–Crippen MR) is 26.8 cm³/mol. The van der Waals surface area contributed by atoms with Gasteiger partial charge >= 0.3 is 5.97 Å². The van der Waals surface area contributed by atoms with Crippen LogP contribution in [0.3, 0.4) is 0 Å². The highest BCUT2D eigenvalue weighted by Crippen LogP contribution is 1.90. The lowest BCUT2D eigenvalue weighted by atomic mass is 10.6. The largest absolute Gasteiger partial charge is 0.490 e. The van der Waals surface area contributed by atoms with Crippen LogP contribution in [0.1, 0.15) is 0 Å². The first-order chi connectivity index (χ1) is 3.72. The van der Waals surface area contributed by atoms with Crippen molar-refractivity contribution in [2.75, 3.05) is 14.2 Å². The molecule has 0 spiro atoms. The third-order valence-corrected chi connectivity index (χ3v) is 0.606. The molecule has 0 aromatic heterocycles. The Hall–Kier alpha value is -0.990. The third kappa shape index (κ3) is 1.64. The van der Waals surface area contributed by atoms with E-state index in [1.54, 1.807) is 0 Å². The maximum atomic E-state index is 10.2. The van der Waals surface area contributed by atoms with Gasteiger partial charge in [0, 0.05) is 0 Å². The third-order valence-electron chi connectivity index (χ3n) is 0.606. The molecule has 0 rings (SSSR count). The van der Waals surface area contributed by atoms with Crippen molar-refractivity contribution in [1.29, 1.82) is 0 Å². The molecule has 0 aromatic carbocycles. The molecule has 0 unspecified atom stereocenters. The van der Waals surface area contributed by atoms with E-state index in [2.05, 4.69) is 9.47 Å². The summed E-state index contributed by atoms with van der Waals surface area (Å²) >= 11 is 0. The van der Waals surface area contributed by atoms with Crippen LogP contribution in [0.25, 0.3) is 0 Å². The highest BCUT2D eigenvalue weighted by Gasteiger charge is 2.03. The number of methoxy groups -OCH3 is 2. The molecule has 0 aliphatic rings. The molecule has 0 heterocycles. The van der Waals surface area contributed by atoms with E-state index in [9.17, 15) is 4.79 Å². The van der Waals surface area contributed by atoms with E-state index in [-0.39, 0.29) is 5.76 Å². The molecule has 0 aliphatic carbocycles. The monoisotopic (exact) mass is 115 g/mol. The molecule has 0 aliphatic heterocycles. The highest BCUT2D eigenvalue weighted by atomic mass is 16.6. The highest BCUT2D eigenvalue weighted by molar-refractivity contribution is 5.84. The lowest BCUT2D eigenvalue weighted by Gasteiger charge is -1.97. The summed E-state index contributed by atoms with van der Waals surface area (Å²) in [7, 11) is 2.53. The van der Waals surface area contributed by atoms with Crippen LogP contribution in [0.2, 0.25) is 0 Å². The van der Waals surface area contributed by atoms with E-state index in [1.165, 1.54) is 14.2 Å². The number of carbonyl (C=O) groups excluding carboxylic acids is 1. The molecule has 0 aromatic rings. The normalized spacial score (nSPS) is 7.75. The van der Waals surface area contributed by atoms with E-state index >= 15 is 0 Å². The van der Waals surface area contributed by atoms with Crippen LogP contribution in [0.15, 0.2) is 5.76 Å². The zero-order valence-corrected chi connectivity index (χ0v) is 4.80. The molecule has 0 atom stereocenters. The quantitative estimate of drug-likeness (QED) is 0.291. The Bertz CT molecular complexity index is 92.2. The van der Waals surface area contributed by atoms with Gasteiger partial charge in [-0.25, -0.2) is 4.79 Å². The zero-order valence-electron chi connectivity index (χ0n) is 4.80. The van der Waals surface area contributed by atoms with Crippen LogP contribution < -0.4 is 0 Å². The van der Waals surface area contributed by atoms with Gasteiger partial charge in [-0.3, -0.25) is 0 Å². The van der Waals surface area contributed by atoms with Gasteiger partial charge in [0.2, 0.25) is 5.76 Å². The lowest BCUT2D eigenvalue weighted by molar-refractivity contribution is -0.139. The number of hydrogen-bond donors (Lipinski definition) is 0. The second-order valence-electron chi connectivity index (χ2n) is 1.06. The first kappa shape index (κ1) is 7.01. The molecule has 0 amide bonds. The predicted octanol–water partition coefficient (Wildman–Crippen LogP) is 0.123. The average Bonchev–Trinajstić information content (AvgIpc) is 1.84. The summed E-state index contributed by atoms with van der Waals surface area (Å²) in [5, 5.41) is 0.